The number of carbonyl (C=O) groups excluding carboxylic acids is 2. The molecule has 0 spiro atoms. The predicted molar refractivity (Wildman–Crippen MR) is 144 cm³/mol. The van der Waals surface area contributed by atoms with E-state index in [1.165, 1.54) is 21.7 Å². The van der Waals surface area contributed by atoms with Crippen molar-refractivity contribution in [3.8, 4) is 17.2 Å². The molecule has 10 heteroatoms. The van der Waals surface area contributed by atoms with Gasteiger partial charge in [0, 0.05) is 12.1 Å². The lowest BCUT2D eigenvalue weighted by molar-refractivity contribution is -0.143. The van der Waals surface area contributed by atoms with Crippen molar-refractivity contribution in [2.45, 2.75) is 51.9 Å². The van der Waals surface area contributed by atoms with Crippen LogP contribution in [0.15, 0.2) is 66.7 Å². The van der Waals surface area contributed by atoms with E-state index >= 15 is 0 Å². The molecule has 2 amide bonds. The Bertz CT molecular complexity index is 1500. The first kappa shape index (κ1) is 26.0. The minimum Gasteiger partial charge on any atom is -0.508 e. The number of nitrogens with zero attached hydrogens (tertiary/aromatic N) is 4. The van der Waals surface area contributed by atoms with Crippen LogP contribution in [0.25, 0.3) is 11.0 Å². The van der Waals surface area contributed by atoms with Gasteiger partial charge in [-0.15, -0.1) is 5.10 Å². The molecule has 202 valence electrons. The lowest BCUT2D eigenvalue weighted by atomic mass is 9.98. The van der Waals surface area contributed by atoms with Crippen molar-refractivity contribution in [2.24, 2.45) is 0 Å². The average molecular weight is 530 g/mol. The Morgan fingerprint density at radius 3 is 2.59 bits per heavy atom. The number of hydrogen-bond acceptors (Lipinski definition) is 7. The van der Waals surface area contributed by atoms with Crippen molar-refractivity contribution >= 4 is 22.8 Å². The third-order valence-corrected chi connectivity index (χ3v) is 6.93. The molecule has 0 radical (unpaired) electrons. The van der Waals surface area contributed by atoms with Crippen molar-refractivity contribution in [3.05, 3.63) is 77.9 Å². The lowest BCUT2D eigenvalue weighted by Gasteiger charge is -2.34. The maximum absolute atomic E-state index is 14.1. The molecule has 2 N–H and O–H groups in total. The fourth-order valence-electron chi connectivity index (χ4n) is 4.43. The Morgan fingerprint density at radius 2 is 1.82 bits per heavy atom. The molecule has 1 aromatic heterocycles. The fourth-order valence-corrected chi connectivity index (χ4v) is 4.43. The molecule has 2 heterocycles. The first-order valence-corrected chi connectivity index (χ1v) is 12.8. The Hall–Kier alpha value is -4.60. The summed E-state index contributed by atoms with van der Waals surface area (Å²) >= 11 is 0. The van der Waals surface area contributed by atoms with Crippen LogP contribution < -0.4 is 14.8 Å². The van der Waals surface area contributed by atoms with Crippen LogP contribution in [-0.4, -0.2) is 49.1 Å². The van der Waals surface area contributed by atoms with Crippen LogP contribution in [0.2, 0.25) is 0 Å². The molecule has 39 heavy (non-hydrogen) atoms. The second-order valence-electron chi connectivity index (χ2n) is 10.2. The van der Waals surface area contributed by atoms with Gasteiger partial charge in [-0.3, -0.25) is 9.59 Å². The highest BCUT2D eigenvalue weighted by Gasteiger charge is 2.34. The predicted octanol–water partition coefficient (Wildman–Crippen LogP) is 3.94. The SMILES string of the molecule is CCC(C)(C)NC(=O)[C@H](c1ccc(O)cc1)N(Cc1ccc2c(c1)OCO2)C(=O)Cn1nnc2ccccc21. The summed E-state index contributed by atoms with van der Waals surface area (Å²) in [6.45, 7) is 5.99. The topological polar surface area (TPSA) is 119 Å². The fraction of sp³-hybridized carbons (Fsp3) is 0.310. The van der Waals surface area contributed by atoms with Gasteiger partial charge >= 0.3 is 0 Å². The van der Waals surface area contributed by atoms with Gasteiger partial charge in [0.1, 0.15) is 23.9 Å². The molecule has 4 aromatic rings. The van der Waals surface area contributed by atoms with E-state index in [9.17, 15) is 14.7 Å². The third kappa shape index (κ3) is 5.64. The van der Waals surface area contributed by atoms with Crippen LogP contribution in [0.3, 0.4) is 0 Å². The van der Waals surface area contributed by atoms with Gasteiger partial charge < -0.3 is 24.8 Å². The first-order chi connectivity index (χ1) is 18.7. The van der Waals surface area contributed by atoms with E-state index in [2.05, 4.69) is 15.6 Å². The third-order valence-electron chi connectivity index (χ3n) is 6.93. The molecular formula is C29H31N5O5. The van der Waals surface area contributed by atoms with Crippen LogP contribution in [0.4, 0.5) is 0 Å². The molecule has 0 aliphatic carbocycles. The molecule has 0 saturated carbocycles. The maximum atomic E-state index is 14.1. The molecule has 0 fully saturated rings. The van der Waals surface area contributed by atoms with Crippen LogP contribution in [0.5, 0.6) is 17.2 Å². The minimum atomic E-state index is -0.982. The molecule has 0 saturated heterocycles. The molecule has 10 nitrogen and oxygen atoms in total. The van der Waals surface area contributed by atoms with Gasteiger partial charge in [-0.25, -0.2) is 4.68 Å². The maximum Gasteiger partial charge on any atom is 0.247 e. The number of nitrogens with one attached hydrogen (secondary N) is 1. The number of para-hydroxylation sites is 1. The normalized spacial score (nSPS) is 13.3. The minimum absolute atomic E-state index is 0.0644. The highest BCUT2D eigenvalue weighted by molar-refractivity contribution is 5.89. The van der Waals surface area contributed by atoms with Gasteiger partial charge in [-0.1, -0.05) is 42.5 Å². The summed E-state index contributed by atoms with van der Waals surface area (Å²) in [5.74, 6) is 0.619. The summed E-state index contributed by atoms with van der Waals surface area (Å²) in [5, 5.41) is 21.4. The van der Waals surface area contributed by atoms with Gasteiger partial charge in [-0.2, -0.15) is 0 Å². The van der Waals surface area contributed by atoms with E-state index in [-0.39, 0.29) is 37.4 Å². The summed E-state index contributed by atoms with van der Waals surface area (Å²) < 4.78 is 12.5. The summed E-state index contributed by atoms with van der Waals surface area (Å²) in [7, 11) is 0. The van der Waals surface area contributed by atoms with Crippen molar-refractivity contribution in [1.29, 1.82) is 0 Å². The van der Waals surface area contributed by atoms with Crippen LogP contribution >= 0.6 is 0 Å². The molecule has 0 unspecified atom stereocenters. The largest absolute Gasteiger partial charge is 0.508 e. The second-order valence-corrected chi connectivity index (χ2v) is 10.2. The zero-order valence-corrected chi connectivity index (χ0v) is 22.1. The molecule has 1 atom stereocenters. The molecule has 1 aliphatic rings. The number of aromatic hydroxyl groups is 1. The standard InChI is InChI=1S/C29H31N5O5/c1-4-29(2,3)30-28(37)27(20-10-12-21(35)13-11-20)33(16-19-9-14-24-25(15-19)39-18-38-24)26(36)17-34-23-8-6-5-7-22(23)31-32-34/h5-15,27,35H,4,16-18H2,1-3H3,(H,30,37)/t27-/m0/s1. The number of aromatic nitrogens is 3. The summed E-state index contributed by atoms with van der Waals surface area (Å²) in [6, 6.07) is 18.2. The average Bonchev–Trinajstić information content (AvgIpc) is 3.56. The monoisotopic (exact) mass is 529 g/mol. The Balaban J connectivity index is 1.55. The van der Waals surface area contributed by atoms with Gasteiger partial charge in [0.25, 0.3) is 0 Å². The van der Waals surface area contributed by atoms with E-state index < -0.39 is 11.6 Å². The number of phenolic OH excluding ortho intramolecular Hbond substituents is 1. The second kappa shape index (κ2) is 10.6. The number of ether oxygens (including phenoxy) is 2. The van der Waals surface area contributed by atoms with Crippen LogP contribution in [0, 0.1) is 0 Å². The highest BCUT2D eigenvalue weighted by atomic mass is 16.7. The molecule has 3 aromatic carbocycles. The van der Waals surface area contributed by atoms with Gasteiger partial charge in [-0.05, 0) is 67.8 Å². The first-order valence-electron chi connectivity index (χ1n) is 12.8. The number of phenols is 1. The number of carbonyl (C=O) groups is 2. The number of amides is 2. The lowest BCUT2D eigenvalue weighted by Crippen LogP contribution is -2.50. The molecule has 5 rings (SSSR count). The van der Waals surface area contributed by atoms with Crippen LogP contribution in [-0.2, 0) is 22.7 Å². The van der Waals surface area contributed by atoms with Gasteiger partial charge in [0.2, 0.25) is 18.6 Å². The van der Waals surface area contributed by atoms with Crippen LogP contribution in [0.1, 0.15) is 44.4 Å². The van der Waals surface area contributed by atoms with E-state index in [0.717, 1.165) is 5.56 Å². The van der Waals surface area contributed by atoms with E-state index in [0.29, 0.717) is 34.5 Å². The van der Waals surface area contributed by atoms with E-state index in [1.807, 2.05) is 57.2 Å². The zero-order chi connectivity index (χ0) is 27.6. The summed E-state index contributed by atoms with van der Waals surface area (Å²) in [5.41, 5.74) is 2.22. The van der Waals surface area contributed by atoms with Crippen molar-refractivity contribution in [2.75, 3.05) is 6.79 Å². The highest BCUT2D eigenvalue weighted by Crippen LogP contribution is 2.34. The number of benzene rings is 3. The molecule has 0 bridgehead atoms. The van der Waals surface area contributed by atoms with E-state index in [1.54, 1.807) is 18.2 Å². The van der Waals surface area contributed by atoms with Crippen molar-refractivity contribution in [3.63, 3.8) is 0 Å². The van der Waals surface area contributed by atoms with Gasteiger partial charge in [0.15, 0.2) is 11.5 Å². The summed E-state index contributed by atoms with van der Waals surface area (Å²) in [6.07, 6.45) is 0.697. The smallest absolute Gasteiger partial charge is 0.247 e. The number of hydrogen-bond donors (Lipinski definition) is 2. The van der Waals surface area contributed by atoms with Crippen molar-refractivity contribution < 1.29 is 24.2 Å². The Kier molecular flexibility index (Phi) is 7.10. The van der Waals surface area contributed by atoms with Gasteiger partial charge in [0.05, 0.1) is 5.52 Å². The molecular weight excluding hydrogens is 498 g/mol. The quantitative estimate of drug-likeness (QED) is 0.337. The summed E-state index contributed by atoms with van der Waals surface area (Å²) in [4.78, 5) is 29.5. The van der Waals surface area contributed by atoms with Crippen molar-refractivity contribution in [1.82, 2.24) is 25.2 Å². The Labute approximate surface area is 226 Å². The molecule has 1 aliphatic heterocycles. The van der Waals surface area contributed by atoms with E-state index in [4.69, 9.17) is 9.47 Å². The Morgan fingerprint density at radius 1 is 1.08 bits per heavy atom. The number of rotatable bonds is 9. The number of fused-ring (bicyclic) bond motifs is 2. The zero-order valence-electron chi connectivity index (χ0n) is 22.1.